The van der Waals surface area contributed by atoms with Gasteiger partial charge in [-0.1, -0.05) is 0 Å². The van der Waals surface area contributed by atoms with Crippen molar-refractivity contribution in [2.75, 3.05) is 12.8 Å². The van der Waals surface area contributed by atoms with Gasteiger partial charge in [-0.25, -0.2) is 4.39 Å². The molecule has 0 aliphatic rings. The maximum atomic E-state index is 13.4. The lowest BCUT2D eigenvalue weighted by Crippen LogP contribution is -2.24. The summed E-state index contributed by atoms with van der Waals surface area (Å²) in [6.45, 7) is 6.06. The fraction of sp³-hybridized carbons (Fsp3) is 0.500. The summed E-state index contributed by atoms with van der Waals surface area (Å²) in [5, 5.41) is 2.97. The largest absolute Gasteiger partial charge is 0.459 e. The van der Waals surface area contributed by atoms with Gasteiger partial charge in [-0.2, -0.15) is 0 Å². The van der Waals surface area contributed by atoms with E-state index in [4.69, 9.17) is 4.74 Å². The van der Waals surface area contributed by atoms with Gasteiger partial charge in [0.15, 0.2) is 0 Å². The van der Waals surface area contributed by atoms with Gasteiger partial charge in [0.1, 0.15) is 11.4 Å². The third-order valence-electron chi connectivity index (χ3n) is 2.09. The highest BCUT2D eigenvalue weighted by Crippen LogP contribution is 2.22. The molecule has 0 spiro atoms. The van der Waals surface area contributed by atoms with Gasteiger partial charge in [0.25, 0.3) is 0 Å². The van der Waals surface area contributed by atoms with Crippen LogP contribution >= 0.6 is 11.8 Å². The summed E-state index contributed by atoms with van der Waals surface area (Å²) < 4.78 is 18.6. The number of nitrogens with one attached hydrogen (secondary N) is 1. The van der Waals surface area contributed by atoms with Crippen LogP contribution in [0.1, 0.15) is 26.3 Å². The number of benzene rings is 1. The van der Waals surface area contributed by atoms with Crippen LogP contribution in [0.25, 0.3) is 0 Å². The van der Waals surface area contributed by atoms with Gasteiger partial charge in [-0.05, 0) is 51.6 Å². The van der Waals surface area contributed by atoms with Crippen molar-refractivity contribution in [3.63, 3.8) is 0 Å². The molecule has 1 N–H and O–H groups in total. The molecule has 0 radical (unpaired) electrons. The van der Waals surface area contributed by atoms with E-state index < -0.39 is 5.60 Å². The van der Waals surface area contributed by atoms with E-state index in [2.05, 4.69) is 5.32 Å². The second kappa shape index (κ2) is 6.91. The zero-order valence-electron chi connectivity index (χ0n) is 11.7. The van der Waals surface area contributed by atoms with E-state index in [0.717, 1.165) is 10.5 Å². The van der Waals surface area contributed by atoms with E-state index in [-0.39, 0.29) is 17.5 Å². The zero-order valence-corrected chi connectivity index (χ0v) is 12.6. The quantitative estimate of drug-likeness (QED) is 0.667. The number of carbonyl (C=O) groups excluding carboxylic acids is 1. The van der Waals surface area contributed by atoms with Crippen molar-refractivity contribution in [3.05, 3.63) is 29.6 Å². The minimum absolute atomic E-state index is 0.180. The van der Waals surface area contributed by atoms with Gasteiger partial charge < -0.3 is 10.1 Å². The Kier molecular flexibility index (Phi) is 5.82. The van der Waals surface area contributed by atoms with Crippen LogP contribution in [-0.2, 0) is 16.1 Å². The topological polar surface area (TPSA) is 38.3 Å². The third-order valence-corrected chi connectivity index (χ3v) is 3.04. The average Bonchev–Trinajstić information content (AvgIpc) is 2.24. The van der Waals surface area contributed by atoms with Gasteiger partial charge in [0.2, 0.25) is 0 Å². The minimum atomic E-state index is -0.489. The first kappa shape index (κ1) is 16.0. The minimum Gasteiger partial charge on any atom is -0.459 e. The van der Waals surface area contributed by atoms with Crippen LogP contribution in [0.15, 0.2) is 23.1 Å². The predicted molar refractivity (Wildman–Crippen MR) is 75.7 cm³/mol. The number of thioether (sulfide) groups is 1. The summed E-state index contributed by atoms with van der Waals surface area (Å²) in [5.74, 6) is -0.406. The number of hydrogen-bond acceptors (Lipinski definition) is 4. The summed E-state index contributed by atoms with van der Waals surface area (Å²) in [4.78, 5) is 12.3. The first-order valence-electron chi connectivity index (χ1n) is 6.09. The maximum absolute atomic E-state index is 13.4. The molecule has 1 aromatic rings. The fourth-order valence-electron chi connectivity index (χ4n) is 1.52. The highest BCUT2D eigenvalue weighted by Gasteiger charge is 2.16. The van der Waals surface area contributed by atoms with Crippen molar-refractivity contribution >= 4 is 17.7 Å². The number of rotatable bonds is 5. The van der Waals surface area contributed by atoms with Crippen molar-refractivity contribution in [1.29, 1.82) is 0 Å². The van der Waals surface area contributed by atoms with Crippen LogP contribution in [0.3, 0.4) is 0 Å². The number of ether oxygens (including phenoxy) is 1. The number of carbonyl (C=O) groups is 1. The van der Waals surface area contributed by atoms with E-state index in [1.807, 2.05) is 26.8 Å². The molecule has 3 nitrogen and oxygen atoms in total. The highest BCUT2D eigenvalue weighted by atomic mass is 32.2. The Balaban J connectivity index is 2.60. The molecular formula is C14H20FNO2S. The van der Waals surface area contributed by atoms with Crippen LogP contribution in [0.4, 0.5) is 4.39 Å². The van der Waals surface area contributed by atoms with Gasteiger partial charge in [-0.3, -0.25) is 4.79 Å². The first-order chi connectivity index (χ1) is 8.80. The second-order valence-corrected chi connectivity index (χ2v) is 6.25. The number of hydrogen-bond donors (Lipinski definition) is 1. The molecule has 1 aromatic carbocycles. The molecular weight excluding hydrogens is 265 g/mol. The molecule has 0 saturated heterocycles. The van der Waals surface area contributed by atoms with Gasteiger partial charge in [0.05, 0.1) is 5.75 Å². The molecule has 1 rings (SSSR count). The van der Waals surface area contributed by atoms with E-state index in [1.165, 1.54) is 23.9 Å². The molecule has 0 bridgehead atoms. The summed E-state index contributed by atoms with van der Waals surface area (Å²) in [7, 11) is 1.80. The average molecular weight is 285 g/mol. The third kappa shape index (κ3) is 6.59. The standard InChI is InChI=1S/C14H20FNO2S/c1-14(2,3)18-13(17)9-19-12-6-10(8-16-4)5-11(15)7-12/h5-7,16H,8-9H2,1-4H3. The van der Waals surface area contributed by atoms with Crippen LogP contribution in [0, 0.1) is 5.82 Å². The lowest BCUT2D eigenvalue weighted by atomic mass is 10.2. The first-order valence-corrected chi connectivity index (χ1v) is 7.07. The van der Waals surface area contributed by atoms with Crippen molar-refractivity contribution in [1.82, 2.24) is 5.32 Å². The lowest BCUT2D eigenvalue weighted by molar-refractivity contribution is -0.151. The fourth-order valence-corrected chi connectivity index (χ4v) is 2.30. The molecule has 0 aliphatic carbocycles. The Morgan fingerprint density at radius 3 is 2.63 bits per heavy atom. The summed E-state index contributed by atoms with van der Waals surface area (Å²) >= 11 is 1.28. The SMILES string of the molecule is CNCc1cc(F)cc(SCC(=O)OC(C)(C)C)c1. The Labute approximate surface area is 117 Å². The Morgan fingerprint density at radius 2 is 2.05 bits per heavy atom. The molecule has 0 saturated carbocycles. The van der Waals surface area contributed by atoms with Crippen LogP contribution < -0.4 is 5.32 Å². The Bertz CT molecular complexity index is 444. The van der Waals surface area contributed by atoms with E-state index in [0.29, 0.717) is 6.54 Å². The highest BCUT2D eigenvalue weighted by molar-refractivity contribution is 8.00. The molecule has 106 valence electrons. The van der Waals surface area contributed by atoms with Crippen molar-refractivity contribution in [2.24, 2.45) is 0 Å². The van der Waals surface area contributed by atoms with Crippen LogP contribution in [0.5, 0.6) is 0 Å². The normalized spacial score (nSPS) is 11.4. The number of esters is 1. The Hall–Kier alpha value is -1.07. The lowest BCUT2D eigenvalue weighted by Gasteiger charge is -2.19. The molecule has 0 aromatic heterocycles. The predicted octanol–water partition coefficient (Wildman–Crippen LogP) is 2.98. The molecule has 5 heteroatoms. The van der Waals surface area contributed by atoms with Gasteiger partial charge >= 0.3 is 5.97 Å². The van der Waals surface area contributed by atoms with Crippen molar-refractivity contribution in [2.45, 2.75) is 37.8 Å². The van der Waals surface area contributed by atoms with Crippen molar-refractivity contribution in [3.8, 4) is 0 Å². The van der Waals surface area contributed by atoms with Crippen LogP contribution in [-0.4, -0.2) is 24.4 Å². The molecule has 0 amide bonds. The summed E-state index contributed by atoms with van der Waals surface area (Å²) in [6, 6.07) is 4.77. The molecule has 0 unspecified atom stereocenters. The van der Waals surface area contributed by atoms with Gasteiger partial charge in [0, 0.05) is 11.4 Å². The molecule has 19 heavy (non-hydrogen) atoms. The smallest absolute Gasteiger partial charge is 0.316 e. The van der Waals surface area contributed by atoms with E-state index >= 15 is 0 Å². The monoisotopic (exact) mass is 285 g/mol. The summed E-state index contributed by atoms with van der Waals surface area (Å²) in [5.41, 5.74) is 0.367. The Morgan fingerprint density at radius 1 is 1.37 bits per heavy atom. The zero-order chi connectivity index (χ0) is 14.5. The molecule has 0 aliphatic heterocycles. The van der Waals surface area contributed by atoms with Crippen molar-refractivity contribution < 1.29 is 13.9 Å². The molecule has 0 atom stereocenters. The number of halogens is 1. The molecule has 0 heterocycles. The van der Waals surface area contributed by atoms with E-state index in [1.54, 1.807) is 7.05 Å². The summed E-state index contributed by atoms with van der Waals surface area (Å²) in [6.07, 6.45) is 0. The maximum Gasteiger partial charge on any atom is 0.316 e. The van der Waals surface area contributed by atoms with E-state index in [9.17, 15) is 9.18 Å². The molecule has 0 fully saturated rings. The second-order valence-electron chi connectivity index (χ2n) is 5.20. The van der Waals surface area contributed by atoms with Gasteiger partial charge in [-0.15, -0.1) is 11.8 Å². The van der Waals surface area contributed by atoms with Crippen LogP contribution in [0.2, 0.25) is 0 Å².